The highest BCUT2D eigenvalue weighted by Crippen LogP contribution is 2.31. The SMILES string of the molecule is Cc1cc(CC2CCN(Cc3cccnc3)CC2)cc2c1C(=O)N(Cc1ccc(OC(F)(F)F)cc1)C2. The lowest BCUT2D eigenvalue weighted by molar-refractivity contribution is -0.274. The molecule has 5 rings (SSSR count). The van der Waals surface area contributed by atoms with Gasteiger partial charge in [-0.1, -0.05) is 30.3 Å². The molecule has 0 bridgehead atoms. The summed E-state index contributed by atoms with van der Waals surface area (Å²) in [6, 6.07) is 14.1. The predicted molar refractivity (Wildman–Crippen MR) is 134 cm³/mol. The Hall–Kier alpha value is -3.39. The van der Waals surface area contributed by atoms with Crippen LogP contribution in [0.1, 0.15) is 51.0 Å². The van der Waals surface area contributed by atoms with Gasteiger partial charge in [0.1, 0.15) is 5.75 Å². The summed E-state index contributed by atoms with van der Waals surface area (Å²) in [5, 5.41) is 0. The summed E-state index contributed by atoms with van der Waals surface area (Å²) >= 11 is 0. The highest BCUT2D eigenvalue weighted by atomic mass is 19.4. The van der Waals surface area contributed by atoms with Crippen molar-refractivity contribution >= 4 is 5.91 Å². The quantitative estimate of drug-likeness (QED) is 0.398. The number of alkyl halides is 3. The number of piperidine rings is 1. The monoisotopic (exact) mass is 509 g/mol. The molecule has 5 nitrogen and oxygen atoms in total. The minimum Gasteiger partial charge on any atom is -0.406 e. The van der Waals surface area contributed by atoms with Gasteiger partial charge in [0.05, 0.1) is 0 Å². The Morgan fingerprint density at radius 2 is 1.76 bits per heavy atom. The summed E-state index contributed by atoms with van der Waals surface area (Å²) in [7, 11) is 0. The van der Waals surface area contributed by atoms with Gasteiger partial charge >= 0.3 is 6.36 Å². The van der Waals surface area contributed by atoms with Crippen LogP contribution in [0.25, 0.3) is 0 Å². The lowest BCUT2D eigenvalue weighted by atomic mass is 9.88. The average molecular weight is 510 g/mol. The first-order chi connectivity index (χ1) is 17.7. The van der Waals surface area contributed by atoms with Crippen LogP contribution in [0.15, 0.2) is 60.9 Å². The number of ether oxygens (including phenoxy) is 1. The van der Waals surface area contributed by atoms with Gasteiger partial charge in [-0.15, -0.1) is 13.2 Å². The second kappa shape index (κ2) is 10.5. The zero-order chi connectivity index (χ0) is 26.0. The number of hydrogen-bond donors (Lipinski definition) is 0. The zero-order valence-corrected chi connectivity index (χ0v) is 20.8. The van der Waals surface area contributed by atoms with Crippen molar-refractivity contribution in [2.75, 3.05) is 13.1 Å². The van der Waals surface area contributed by atoms with E-state index in [0.29, 0.717) is 19.0 Å². The molecule has 194 valence electrons. The number of aryl methyl sites for hydroxylation is 1. The topological polar surface area (TPSA) is 45.7 Å². The van der Waals surface area contributed by atoms with Crippen LogP contribution in [-0.4, -0.2) is 40.1 Å². The van der Waals surface area contributed by atoms with Crippen LogP contribution in [0, 0.1) is 12.8 Å². The summed E-state index contributed by atoms with van der Waals surface area (Å²) in [4.78, 5) is 21.6. The fourth-order valence-corrected chi connectivity index (χ4v) is 5.50. The lowest BCUT2D eigenvalue weighted by Gasteiger charge is -2.32. The fraction of sp³-hybridized carbons (Fsp3) is 0.379. The van der Waals surface area contributed by atoms with Crippen molar-refractivity contribution in [2.24, 2.45) is 5.92 Å². The van der Waals surface area contributed by atoms with Crippen molar-refractivity contribution in [1.82, 2.24) is 14.8 Å². The molecule has 0 spiro atoms. The first-order valence-corrected chi connectivity index (χ1v) is 12.6. The third-order valence-electron chi connectivity index (χ3n) is 7.23. The Balaban J connectivity index is 1.18. The van der Waals surface area contributed by atoms with Gasteiger partial charge in [0.15, 0.2) is 0 Å². The van der Waals surface area contributed by atoms with E-state index in [1.165, 1.54) is 23.3 Å². The molecule has 1 fully saturated rings. The molecule has 3 heterocycles. The van der Waals surface area contributed by atoms with E-state index in [9.17, 15) is 18.0 Å². The summed E-state index contributed by atoms with van der Waals surface area (Å²) in [6.45, 7) is 5.92. The van der Waals surface area contributed by atoms with Gasteiger partial charge in [0, 0.05) is 37.6 Å². The molecule has 0 radical (unpaired) electrons. The highest BCUT2D eigenvalue weighted by Gasteiger charge is 2.32. The molecular formula is C29H30F3N3O2. The van der Waals surface area contributed by atoms with Crippen LogP contribution < -0.4 is 4.74 Å². The van der Waals surface area contributed by atoms with E-state index in [4.69, 9.17) is 0 Å². The molecular weight excluding hydrogens is 479 g/mol. The maximum Gasteiger partial charge on any atom is 0.573 e. The van der Waals surface area contributed by atoms with E-state index in [0.717, 1.165) is 61.2 Å². The maximum absolute atomic E-state index is 13.1. The zero-order valence-electron chi connectivity index (χ0n) is 20.8. The Bertz CT molecular complexity index is 1240. The molecule has 0 N–H and O–H groups in total. The number of likely N-dealkylation sites (tertiary alicyclic amines) is 1. The molecule has 1 saturated heterocycles. The van der Waals surface area contributed by atoms with Crippen molar-refractivity contribution in [1.29, 1.82) is 0 Å². The van der Waals surface area contributed by atoms with Crippen LogP contribution in [0.2, 0.25) is 0 Å². The van der Waals surface area contributed by atoms with Gasteiger partial charge in [0.25, 0.3) is 5.91 Å². The van der Waals surface area contributed by atoms with Gasteiger partial charge in [-0.3, -0.25) is 14.7 Å². The van der Waals surface area contributed by atoms with Crippen LogP contribution in [0.3, 0.4) is 0 Å². The smallest absolute Gasteiger partial charge is 0.406 e. The Kier molecular flexibility index (Phi) is 7.20. The van der Waals surface area contributed by atoms with Gasteiger partial charge in [-0.2, -0.15) is 0 Å². The molecule has 0 atom stereocenters. The molecule has 1 aromatic heterocycles. The molecule has 2 aromatic carbocycles. The van der Waals surface area contributed by atoms with Crippen molar-refractivity contribution < 1.29 is 22.7 Å². The second-order valence-electron chi connectivity index (χ2n) is 10.1. The molecule has 3 aromatic rings. The number of hydrogen-bond acceptors (Lipinski definition) is 4. The van der Waals surface area contributed by atoms with Crippen molar-refractivity contribution in [3.8, 4) is 5.75 Å². The van der Waals surface area contributed by atoms with E-state index < -0.39 is 6.36 Å². The van der Waals surface area contributed by atoms with E-state index >= 15 is 0 Å². The second-order valence-corrected chi connectivity index (χ2v) is 10.1. The lowest BCUT2D eigenvalue weighted by Crippen LogP contribution is -2.33. The van der Waals surface area contributed by atoms with Crippen LogP contribution >= 0.6 is 0 Å². The summed E-state index contributed by atoms with van der Waals surface area (Å²) < 4.78 is 41.2. The summed E-state index contributed by atoms with van der Waals surface area (Å²) in [5.41, 5.74) is 6.05. The predicted octanol–water partition coefficient (Wildman–Crippen LogP) is 5.90. The van der Waals surface area contributed by atoms with Gasteiger partial charge in [-0.05, 0) is 91.2 Å². The normalized spacial score (nSPS) is 16.8. The number of halogens is 3. The molecule has 0 unspecified atom stereocenters. The first kappa shape index (κ1) is 25.3. The standard InChI is InChI=1S/C29H30F3N3O2/c1-20-13-24(14-21-8-11-34(12-9-21)17-23-3-2-10-33-16-23)15-25-19-35(28(36)27(20)25)18-22-4-6-26(7-5-22)37-29(30,31)32/h2-7,10,13,15-16,21H,8-9,11-12,14,17-19H2,1H3. The number of rotatable bonds is 7. The first-order valence-electron chi connectivity index (χ1n) is 12.6. The Morgan fingerprint density at radius 3 is 2.43 bits per heavy atom. The van der Waals surface area contributed by atoms with Crippen molar-refractivity contribution in [3.05, 3.63) is 94.3 Å². The van der Waals surface area contributed by atoms with Crippen LogP contribution in [0.5, 0.6) is 5.75 Å². The van der Waals surface area contributed by atoms with E-state index in [1.54, 1.807) is 23.2 Å². The van der Waals surface area contributed by atoms with Gasteiger partial charge in [-0.25, -0.2) is 0 Å². The molecule has 2 aliphatic rings. The number of carbonyl (C=O) groups excluding carboxylic acids is 1. The fourth-order valence-electron chi connectivity index (χ4n) is 5.50. The van der Waals surface area contributed by atoms with Crippen LogP contribution in [0.4, 0.5) is 13.2 Å². The Labute approximate surface area is 214 Å². The van der Waals surface area contributed by atoms with E-state index in [1.807, 2.05) is 19.2 Å². The number of pyridine rings is 1. The maximum atomic E-state index is 13.1. The van der Waals surface area contributed by atoms with Crippen LogP contribution in [-0.2, 0) is 26.1 Å². The third-order valence-corrected chi connectivity index (χ3v) is 7.23. The summed E-state index contributed by atoms with van der Waals surface area (Å²) in [5.74, 6) is 0.322. The van der Waals surface area contributed by atoms with Gasteiger partial charge < -0.3 is 9.64 Å². The molecule has 37 heavy (non-hydrogen) atoms. The minimum absolute atomic E-state index is 0.0293. The molecule has 1 amide bonds. The van der Waals surface area contributed by atoms with Gasteiger partial charge in [0.2, 0.25) is 0 Å². The van der Waals surface area contributed by atoms with Crippen molar-refractivity contribution in [2.45, 2.75) is 52.2 Å². The molecule has 2 aliphatic heterocycles. The summed E-state index contributed by atoms with van der Waals surface area (Å²) in [6.07, 6.45) is 2.31. The number of amides is 1. The number of fused-ring (bicyclic) bond motifs is 1. The Morgan fingerprint density at radius 1 is 1.00 bits per heavy atom. The number of carbonyl (C=O) groups is 1. The molecule has 0 saturated carbocycles. The average Bonchev–Trinajstić information content (AvgIpc) is 3.16. The number of nitrogens with zero attached hydrogens (tertiary/aromatic N) is 3. The minimum atomic E-state index is -4.72. The third kappa shape index (κ3) is 6.31. The number of benzene rings is 2. The largest absolute Gasteiger partial charge is 0.573 e. The van der Waals surface area contributed by atoms with E-state index in [-0.39, 0.29) is 11.7 Å². The van der Waals surface area contributed by atoms with Crippen molar-refractivity contribution in [3.63, 3.8) is 0 Å². The number of aromatic nitrogens is 1. The highest BCUT2D eigenvalue weighted by molar-refractivity contribution is 5.99. The molecule has 0 aliphatic carbocycles. The van der Waals surface area contributed by atoms with E-state index in [2.05, 4.69) is 32.8 Å². The molecule has 8 heteroatoms.